The van der Waals surface area contributed by atoms with Crippen LogP contribution in [0, 0.1) is 0 Å². The number of nitrogens with one attached hydrogen (secondary N) is 1. The van der Waals surface area contributed by atoms with Crippen molar-refractivity contribution in [1.82, 2.24) is 0 Å². The largest absolute Gasteiger partial charge is 0.507 e. The Morgan fingerprint density at radius 1 is 0.857 bits per heavy atom. The summed E-state index contributed by atoms with van der Waals surface area (Å²) in [4.78, 5) is 25.2. The molecule has 21 heavy (non-hydrogen) atoms. The number of rotatable bonds is 1. The van der Waals surface area contributed by atoms with Gasteiger partial charge in [-0.2, -0.15) is 0 Å². The highest BCUT2D eigenvalue weighted by atomic mass is 16.3. The maximum atomic E-state index is 12.7. The first-order valence-corrected chi connectivity index (χ1v) is 6.22. The highest BCUT2D eigenvalue weighted by Gasteiger charge is 2.37. The van der Waals surface area contributed by atoms with Crippen LogP contribution < -0.4 is 11.1 Å². The number of carbonyl (C=O) groups excluding carboxylic acids is 2. The maximum Gasteiger partial charge on any atom is 0.202 e. The van der Waals surface area contributed by atoms with E-state index < -0.39 is 11.6 Å². The second-order valence-corrected chi connectivity index (χ2v) is 4.71. The van der Waals surface area contributed by atoms with Gasteiger partial charge in [0.25, 0.3) is 0 Å². The Kier molecular flexibility index (Phi) is 2.62. The smallest absolute Gasteiger partial charge is 0.202 e. The highest BCUT2D eigenvalue weighted by Crippen LogP contribution is 2.41. The monoisotopic (exact) mass is 284 g/mol. The lowest BCUT2D eigenvalue weighted by molar-refractivity contribution is 0.0975. The topological polar surface area (TPSA) is 113 Å². The maximum absolute atomic E-state index is 12.7. The Hall–Kier alpha value is -3.02. The molecule has 1 aliphatic carbocycles. The number of hydrogen-bond acceptors (Lipinski definition) is 6. The molecule has 0 fully saturated rings. The Balaban J connectivity index is 2.44. The molecule has 0 spiro atoms. The molecule has 0 aromatic heterocycles. The van der Waals surface area contributed by atoms with Gasteiger partial charge >= 0.3 is 0 Å². The van der Waals surface area contributed by atoms with Crippen molar-refractivity contribution in [3.63, 3.8) is 0 Å². The van der Waals surface area contributed by atoms with Gasteiger partial charge in [0.2, 0.25) is 5.78 Å². The number of benzene rings is 2. The number of nitrogen functional groups attached to an aromatic ring is 1. The van der Waals surface area contributed by atoms with Gasteiger partial charge in [0, 0.05) is 18.4 Å². The molecule has 3 rings (SSSR count). The molecule has 0 radical (unpaired) electrons. The average molecular weight is 284 g/mol. The molecule has 1 aliphatic rings. The zero-order chi connectivity index (χ0) is 15.3. The molecule has 106 valence electrons. The first-order valence-electron chi connectivity index (χ1n) is 6.22. The molecule has 5 N–H and O–H groups in total. The van der Waals surface area contributed by atoms with Crippen LogP contribution in [0.3, 0.4) is 0 Å². The fraction of sp³-hybridized carbons (Fsp3) is 0.0667. The van der Waals surface area contributed by atoms with E-state index in [-0.39, 0.29) is 39.4 Å². The molecule has 2 aromatic rings. The number of fused-ring (bicyclic) bond motifs is 2. The molecular formula is C15H12N2O4. The van der Waals surface area contributed by atoms with Crippen molar-refractivity contribution in [2.24, 2.45) is 0 Å². The molecule has 2 aromatic carbocycles. The van der Waals surface area contributed by atoms with Crippen LogP contribution in [0.2, 0.25) is 0 Å². The van der Waals surface area contributed by atoms with Gasteiger partial charge in [-0.1, -0.05) is 0 Å². The quantitative estimate of drug-likeness (QED) is 0.398. The van der Waals surface area contributed by atoms with Gasteiger partial charge in [-0.3, -0.25) is 9.59 Å². The molecule has 0 heterocycles. The van der Waals surface area contributed by atoms with E-state index in [0.29, 0.717) is 5.69 Å². The summed E-state index contributed by atoms with van der Waals surface area (Å²) in [6.07, 6.45) is 0. The Bertz CT molecular complexity index is 812. The first-order chi connectivity index (χ1) is 9.97. The van der Waals surface area contributed by atoms with Crippen molar-refractivity contribution in [1.29, 1.82) is 0 Å². The lowest BCUT2D eigenvalue weighted by Crippen LogP contribution is -2.24. The summed E-state index contributed by atoms with van der Waals surface area (Å²) in [5, 5.41) is 22.6. The van der Waals surface area contributed by atoms with Crippen molar-refractivity contribution in [3.05, 3.63) is 46.5 Å². The summed E-state index contributed by atoms with van der Waals surface area (Å²) in [5.41, 5.74) is 6.04. The number of aromatic hydroxyl groups is 2. The molecule has 0 unspecified atom stereocenters. The van der Waals surface area contributed by atoms with Gasteiger partial charge in [-0.05, 0) is 24.3 Å². The van der Waals surface area contributed by atoms with Crippen LogP contribution in [0.5, 0.6) is 11.5 Å². The number of nitrogens with two attached hydrogens (primary N) is 1. The van der Waals surface area contributed by atoms with Crippen LogP contribution in [-0.2, 0) is 0 Å². The minimum Gasteiger partial charge on any atom is -0.507 e. The van der Waals surface area contributed by atoms with E-state index >= 15 is 0 Å². The second-order valence-electron chi connectivity index (χ2n) is 4.71. The van der Waals surface area contributed by atoms with Crippen molar-refractivity contribution in [3.8, 4) is 11.5 Å². The SMILES string of the molecule is CNc1ccc(O)c2c1C(=O)c1c(N)ccc(O)c1C2=O. The number of carbonyl (C=O) groups is 2. The van der Waals surface area contributed by atoms with Crippen LogP contribution in [0.25, 0.3) is 0 Å². The number of phenols is 2. The zero-order valence-electron chi connectivity index (χ0n) is 11.1. The van der Waals surface area contributed by atoms with E-state index in [1.165, 1.54) is 24.3 Å². The molecule has 0 saturated carbocycles. The number of ketones is 2. The van der Waals surface area contributed by atoms with Crippen molar-refractivity contribution >= 4 is 22.9 Å². The standard InChI is InChI=1S/C15H12N2O4/c1-17-7-3-5-9(19)13-11(7)14(20)10-6(16)2-4-8(18)12(10)15(13)21/h2-5,17-19H,16H2,1H3. The van der Waals surface area contributed by atoms with Gasteiger partial charge in [0.1, 0.15) is 11.5 Å². The Morgan fingerprint density at radius 3 is 2.00 bits per heavy atom. The van der Waals surface area contributed by atoms with E-state index in [2.05, 4.69) is 5.32 Å². The third-order valence-electron chi connectivity index (χ3n) is 3.58. The van der Waals surface area contributed by atoms with Crippen molar-refractivity contribution in [2.45, 2.75) is 0 Å². The molecule has 0 bridgehead atoms. The van der Waals surface area contributed by atoms with E-state index in [9.17, 15) is 19.8 Å². The highest BCUT2D eigenvalue weighted by molar-refractivity contribution is 6.33. The van der Waals surface area contributed by atoms with Crippen LogP contribution >= 0.6 is 0 Å². The summed E-state index contributed by atoms with van der Waals surface area (Å²) < 4.78 is 0. The lowest BCUT2D eigenvalue weighted by Gasteiger charge is -2.22. The summed E-state index contributed by atoms with van der Waals surface area (Å²) >= 11 is 0. The number of hydrogen-bond donors (Lipinski definition) is 4. The predicted octanol–water partition coefficient (Wildman–Crippen LogP) is 1.50. The Labute approximate surface area is 119 Å². The molecular weight excluding hydrogens is 272 g/mol. The summed E-state index contributed by atoms with van der Waals surface area (Å²) in [5.74, 6) is -1.78. The minimum absolute atomic E-state index is 0.0328. The predicted molar refractivity (Wildman–Crippen MR) is 77.0 cm³/mol. The zero-order valence-corrected chi connectivity index (χ0v) is 11.1. The van der Waals surface area contributed by atoms with Crippen molar-refractivity contribution < 1.29 is 19.8 Å². The third-order valence-corrected chi connectivity index (χ3v) is 3.58. The van der Waals surface area contributed by atoms with Gasteiger partial charge in [0.05, 0.1) is 22.3 Å². The normalized spacial score (nSPS) is 12.8. The number of phenolic OH excluding ortho intramolecular Hbond substituents is 2. The third kappa shape index (κ3) is 1.59. The van der Waals surface area contributed by atoms with E-state index in [1.54, 1.807) is 7.05 Å². The van der Waals surface area contributed by atoms with E-state index in [0.717, 1.165) is 0 Å². The fourth-order valence-electron chi connectivity index (χ4n) is 2.60. The van der Waals surface area contributed by atoms with E-state index in [4.69, 9.17) is 5.73 Å². The van der Waals surface area contributed by atoms with Gasteiger partial charge < -0.3 is 21.3 Å². The second kappa shape index (κ2) is 4.24. The summed E-state index contributed by atoms with van der Waals surface area (Å²) in [7, 11) is 1.60. The molecule has 6 nitrogen and oxygen atoms in total. The molecule has 0 saturated heterocycles. The average Bonchev–Trinajstić information content (AvgIpc) is 2.46. The van der Waals surface area contributed by atoms with Gasteiger partial charge in [-0.15, -0.1) is 0 Å². The molecule has 0 atom stereocenters. The van der Waals surface area contributed by atoms with Crippen LogP contribution in [-0.4, -0.2) is 28.8 Å². The van der Waals surface area contributed by atoms with Crippen LogP contribution in [0.1, 0.15) is 31.8 Å². The summed E-state index contributed by atoms with van der Waals surface area (Å²) in [6.45, 7) is 0. The first kappa shape index (κ1) is 13.0. The van der Waals surface area contributed by atoms with Crippen LogP contribution in [0.15, 0.2) is 24.3 Å². The summed E-state index contributed by atoms with van der Waals surface area (Å²) in [6, 6.07) is 5.45. The van der Waals surface area contributed by atoms with Crippen LogP contribution in [0.4, 0.5) is 11.4 Å². The Morgan fingerprint density at radius 2 is 1.38 bits per heavy atom. The fourth-order valence-corrected chi connectivity index (χ4v) is 2.60. The van der Waals surface area contributed by atoms with Gasteiger partial charge in [-0.25, -0.2) is 0 Å². The number of anilines is 2. The molecule has 0 aliphatic heterocycles. The van der Waals surface area contributed by atoms with Gasteiger partial charge in [0.15, 0.2) is 5.78 Å². The minimum atomic E-state index is -0.626. The molecule has 0 amide bonds. The molecule has 6 heteroatoms. The van der Waals surface area contributed by atoms with E-state index in [1.807, 2.05) is 0 Å². The van der Waals surface area contributed by atoms with Crippen molar-refractivity contribution in [2.75, 3.05) is 18.1 Å². The lowest BCUT2D eigenvalue weighted by atomic mass is 9.81.